The Balaban J connectivity index is 2.97. The summed E-state index contributed by atoms with van der Waals surface area (Å²) in [5.74, 6) is 0.0141. The van der Waals surface area contributed by atoms with Crippen molar-refractivity contribution in [3.8, 4) is 0 Å². The van der Waals surface area contributed by atoms with Gasteiger partial charge < -0.3 is 4.57 Å². The number of carbonyl (C=O) groups excluding carboxylic acids is 2. The first kappa shape index (κ1) is 10.2. The normalized spacial score (nSPS) is 30.8. The van der Waals surface area contributed by atoms with Crippen LogP contribution in [0.5, 0.6) is 0 Å². The smallest absolute Gasteiger partial charge is 0.281 e. The molecule has 12 heavy (non-hydrogen) atoms. The Bertz CT molecular complexity index is 248. The molecule has 0 saturated carbocycles. The van der Waals surface area contributed by atoms with Crippen molar-refractivity contribution in [1.82, 2.24) is 4.57 Å². The Morgan fingerprint density at radius 2 is 2.00 bits per heavy atom. The van der Waals surface area contributed by atoms with Gasteiger partial charge in [-0.3, -0.25) is 9.59 Å². The van der Waals surface area contributed by atoms with E-state index in [1.807, 2.05) is 20.3 Å². The van der Waals surface area contributed by atoms with Crippen molar-refractivity contribution >= 4 is 41.2 Å². The molecule has 2 amide bonds. The molecule has 0 bridgehead atoms. The van der Waals surface area contributed by atoms with Gasteiger partial charge in [-0.05, 0) is 32.0 Å². The van der Waals surface area contributed by atoms with Crippen LogP contribution in [-0.2, 0) is 4.79 Å². The number of amides is 2. The molecule has 1 unspecified atom stereocenters. The molecular formula is C6H12NO2PSSi. The number of hydrogen-bond donors (Lipinski definition) is 0. The molecule has 68 valence electrons. The topological polar surface area (TPSA) is 37.4 Å². The van der Waals surface area contributed by atoms with Gasteiger partial charge in [0.05, 0.1) is 0 Å². The fourth-order valence-electron chi connectivity index (χ4n) is 0.959. The average molecular weight is 221 g/mol. The Hall–Kier alpha value is 0.137. The largest absolute Gasteiger partial charge is 0.310 e. The molecule has 0 aliphatic carbocycles. The Morgan fingerprint density at radius 3 is 2.17 bits per heavy atom. The van der Waals surface area contributed by atoms with Crippen LogP contribution in [0.3, 0.4) is 0 Å². The van der Waals surface area contributed by atoms with Crippen LogP contribution < -0.4 is 0 Å². The summed E-state index contributed by atoms with van der Waals surface area (Å²) in [5, 5.41) is -0.0645. The third-order valence-corrected chi connectivity index (χ3v) is 7.54. The van der Waals surface area contributed by atoms with Crippen LogP contribution in [0.2, 0.25) is 0 Å². The van der Waals surface area contributed by atoms with Crippen molar-refractivity contribution in [1.29, 1.82) is 0 Å². The first-order valence-electron chi connectivity index (χ1n) is 3.58. The van der Waals surface area contributed by atoms with E-state index < -0.39 is 12.4 Å². The van der Waals surface area contributed by atoms with Crippen LogP contribution in [0, 0.1) is 0 Å². The third-order valence-electron chi connectivity index (χ3n) is 2.11. The summed E-state index contributed by atoms with van der Waals surface area (Å²) in [5.41, 5.74) is 0. The van der Waals surface area contributed by atoms with E-state index in [1.54, 1.807) is 0 Å². The fourth-order valence-corrected chi connectivity index (χ4v) is 4.31. The summed E-state index contributed by atoms with van der Waals surface area (Å²) < 4.78 is 0.904. The predicted octanol–water partition coefficient (Wildman–Crippen LogP) is 0.420. The molecular weight excluding hydrogens is 209 g/mol. The van der Waals surface area contributed by atoms with Crippen molar-refractivity contribution < 1.29 is 9.59 Å². The minimum atomic E-state index is -0.450. The van der Waals surface area contributed by atoms with Crippen molar-refractivity contribution in [2.45, 2.75) is 11.4 Å². The molecule has 1 saturated heterocycles. The van der Waals surface area contributed by atoms with Crippen molar-refractivity contribution in [2.75, 3.05) is 13.3 Å². The van der Waals surface area contributed by atoms with Gasteiger partial charge in [-0.25, -0.2) is 0 Å². The molecule has 6 heteroatoms. The highest BCUT2D eigenvalue weighted by Gasteiger charge is 2.49. The quantitative estimate of drug-likeness (QED) is 0.476. The molecule has 1 fully saturated rings. The second-order valence-corrected chi connectivity index (χ2v) is 8.36. The summed E-state index contributed by atoms with van der Waals surface area (Å²) >= 11 is 1.19. The van der Waals surface area contributed by atoms with E-state index in [-0.39, 0.29) is 11.1 Å². The number of nitrogens with zero attached hydrogens (tertiary/aromatic N) is 1. The van der Waals surface area contributed by atoms with E-state index in [0.29, 0.717) is 10.4 Å². The molecule has 3 nitrogen and oxygen atoms in total. The highest BCUT2D eigenvalue weighted by atomic mass is 32.2. The van der Waals surface area contributed by atoms with Crippen LogP contribution in [-0.4, -0.2) is 43.9 Å². The zero-order chi connectivity index (χ0) is 9.52. The summed E-state index contributed by atoms with van der Waals surface area (Å²) in [7, 11) is 0.108. The second kappa shape index (κ2) is 3.12. The molecule has 0 aromatic rings. The van der Waals surface area contributed by atoms with Crippen LogP contribution in [0.1, 0.15) is 6.92 Å². The maximum Gasteiger partial charge on any atom is 0.281 e. The molecule has 0 radical (unpaired) electrons. The molecule has 1 aliphatic rings. The van der Waals surface area contributed by atoms with Crippen LogP contribution in [0.4, 0.5) is 4.79 Å². The standard InChI is InChI=1S/C6H12NO2PSSi/c1-6(10(2)3)4(8)7(12)5(9)11-6/h1-3,12H3. The summed E-state index contributed by atoms with van der Waals surface area (Å²) in [4.78, 5) is 22.8. The number of carbonyl (C=O) groups is 2. The van der Waals surface area contributed by atoms with E-state index in [1.165, 1.54) is 16.3 Å². The van der Waals surface area contributed by atoms with Gasteiger partial charge >= 0.3 is 0 Å². The summed E-state index contributed by atoms with van der Waals surface area (Å²) in [6.45, 7) is 5.95. The Morgan fingerprint density at radius 1 is 1.50 bits per heavy atom. The fraction of sp³-hybridized carbons (Fsp3) is 0.667. The minimum absolute atomic E-state index is 0.0141. The highest BCUT2D eigenvalue weighted by Crippen LogP contribution is 2.55. The lowest BCUT2D eigenvalue weighted by Crippen LogP contribution is -2.34. The molecule has 1 heterocycles. The van der Waals surface area contributed by atoms with Crippen LogP contribution in [0.15, 0.2) is 0 Å². The second-order valence-electron chi connectivity index (χ2n) is 3.11. The van der Waals surface area contributed by atoms with Gasteiger partial charge in [0.2, 0.25) is 5.91 Å². The molecule has 0 N–H and O–H groups in total. The summed E-state index contributed by atoms with van der Waals surface area (Å²) in [6, 6.07) is 0. The zero-order valence-corrected chi connectivity index (χ0v) is 11.3. The number of imide groups is 1. The first-order chi connectivity index (χ1) is 5.39. The SMILES string of the molecule is CP(C)C1(C)SC(=O)N([SiH3])C1=O. The van der Waals surface area contributed by atoms with E-state index in [0.717, 1.165) is 0 Å². The van der Waals surface area contributed by atoms with Gasteiger partial charge in [0, 0.05) is 0 Å². The van der Waals surface area contributed by atoms with Gasteiger partial charge in [0.1, 0.15) is 14.9 Å². The lowest BCUT2D eigenvalue weighted by molar-refractivity contribution is -0.123. The maximum absolute atomic E-state index is 11.6. The van der Waals surface area contributed by atoms with E-state index in [2.05, 4.69) is 0 Å². The maximum atomic E-state index is 11.6. The molecule has 1 rings (SSSR count). The van der Waals surface area contributed by atoms with E-state index in [4.69, 9.17) is 0 Å². The van der Waals surface area contributed by atoms with E-state index >= 15 is 0 Å². The molecule has 1 aliphatic heterocycles. The highest BCUT2D eigenvalue weighted by molar-refractivity contribution is 8.20. The van der Waals surface area contributed by atoms with Gasteiger partial charge in [0.15, 0.2) is 0 Å². The zero-order valence-electron chi connectivity index (χ0n) is 7.62. The van der Waals surface area contributed by atoms with Crippen molar-refractivity contribution in [3.63, 3.8) is 0 Å². The summed E-state index contributed by atoms with van der Waals surface area (Å²) in [6.07, 6.45) is 0. The first-order valence-corrected chi connectivity index (χ1v) is 7.53. The number of thioether (sulfide) groups is 1. The van der Waals surface area contributed by atoms with Gasteiger partial charge in [-0.2, -0.15) is 0 Å². The number of hydrogen-bond acceptors (Lipinski definition) is 3. The Labute approximate surface area is 80.5 Å². The monoisotopic (exact) mass is 221 g/mol. The molecule has 1 atom stereocenters. The average Bonchev–Trinajstić information content (AvgIpc) is 2.17. The predicted molar refractivity (Wildman–Crippen MR) is 56.9 cm³/mol. The van der Waals surface area contributed by atoms with Crippen LogP contribution in [0.25, 0.3) is 0 Å². The molecule has 0 aromatic heterocycles. The number of rotatable bonds is 1. The van der Waals surface area contributed by atoms with Gasteiger partial charge in [0.25, 0.3) is 5.24 Å². The molecule has 0 aromatic carbocycles. The van der Waals surface area contributed by atoms with E-state index in [9.17, 15) is 9.59 Å². The minimum Gasteiger partial charge on any atom is -0.310 e. The van der Waals surface area contributed by atoms with Gasteiger partial charge in [-0.1, -0.05) is 7.92 Å². The van der Waals surface area contributed by atoms with Gasteiger partial charge in [-0.15, -0.1) is 0 Å². The lowest BCUT2D eigenvalue weighted by Gasteiger charge is -2.24. The third kappa shape index (κ3) is 1.34. The van der Waals surface area contributed by atoms with Crippen molar-refractivity contribution in [2.24, 2.45) is 0 Å². The van der Waals surface area contributed by atoms with Crippen molar-refractivity contribution in [3.05, 3.63) is 0 Å². The van der Waals surface area contributed by atoms with Crippen LogP contribution >= 0.6 is 19.7 Å². The lowest BCUT2D eigenvalue weighted by atomic mass is 10.4. The molecule has 0 spiro atoms. The Kier molecular flexibility index (Phi) is 2.66.